The molecule has 110 valence electrons. The lowest BCUT2D eigenvalue weighted by Gasteiger charge is -2.33. The first-order valence-electron chi connectivity index (χ1n) is 6.47. The average molecular weight is 399 g/mol. The Hall–Kier alpha value is -1.69. The van der Waals surface area contributed by atoms with E-state index in [2.05, 4.69) is 6.07 Å². The SMILES string of the molecule is CC(C)(C#N)N(C(=O)c1cc([N+](=O)[O-])ccc1I)C1CC1. The van der Waals surface area contributed by atoms with E-state index in [1.54, 1.807) is 24.8 Å². The molecule has 1 fully saturated rings. The van der Waals surface area contributed by atoms with E-state index in [0.717, 1.165) is 12.8 Å². The van der Waals surface area contributed by atoms with Crippen molar-refractivity contribution in [2.24, 2.45) is 0 Å². The molecule has 1 aliphatic rings. The largest absolute Gasteiger partial charge is 0.317 e. The van der Waals surface area contributed by atoms with Crippen LogP contribution in [0.3, 0.4) is 0 Å². The second kappa shape index (κ2) is 5.60. The summed E-state index contributed by atoms with van der Waals surface area (Å²) in [6.07, 6.45) is 1.73. The fourth-order valence-electron chi connectivity index (χ4n) is 2.18. The van der Waals surface area contributed by atoms with Crippen LogP contribution in [0.4, 0.5) is 5.69 Å². The van der Waals surface area contributed by atoms with Crippen LogP contribution in [0.5, 0.6) is 0 Å². The first kappa shape index (κ1) is 15.7. The molecule has 0 saturated heterocycles. The monoisotopic (exact) mass is 399 g/mol. The summed E-state index contributed by atoms with van der Waals surface area (Å²) in [7, 11) is 0. The van der Waals surface area contributed by atoms with Crippen molar-refractivity contribution in [2.45, 2.75) is 38.3 Å². The molecule has 0 aromatic heterocycles. The molecule has 1 aliphatic carbocycles. The van der Waals surface area contributed by atoms with Crippen LogP contribution in [0.1, 0.15) is 37.0 Å². The van der Waals surface area contributed by atoms with E-state index >= 15 is 0 Å². The lowest BCUT2D eigenvalue weighted by atomic mass is 10.0. The van der Waals surface area contributed by atoms with Crippen molar-refractivity contribution in [1.82, 2.24) is 4.90 Å². The zero-order chi connectivity index (χ0) is 15.8. The number of carbonyl (C=O) groups is 1. The topological polar surface area (TPSA) is 87.2 Å². The predicted octanol–water partition coefficient (Wildman–Crippen LogP) is 3.11. The van der Waals surface area contributed by atoms with Gasteiger partial charge in [0.1, 0.15) is 5.54 Å². The quantitative estimate of drug-likeness (QED) is 0.442. The Morgan fingerprint density at radius 3 is 2.62 bits per heavy atom. The van der Waals surface area contributed by atoms with Crippen LogP contribution < -0.4 is 0 Å². The van der Waals surface area contributed by atoms with E-state index < -0.39 is 10.5 Å². The molecule has 0 spiro atoms. The minimum Gasteiger partial charge on any atom is -0.317 e. The first-order valence-corrected chi connectivity index (χ1v) is 7.54. The number of benzene rings is 1. The molecule has 21 heavy (non-hydrogen) atoms. The predicted molar refractivity (Wildman–Crippen MR) is 84.7 cm³/mol. The van der Waals surface area contributed by atoms with Gasteiger partial charge in [-0.05, 0) is 55.3 Å². The maximum atomic E-state index is 12.8. The van der Waals surface area contributed by atoms with Gasteiger partial charge in [0, 0.05) is 21.7 Å². The third-order valence-corrected chi connectivity index (χ3v) is 4.34. The molecule has 2 rings (SSSR count). The molecule has 0 heterocycles. The molecule has 1 aromatic rings. The van der Waals surface area contributed by atoms with Gasteiger partial charge < -0.3 is 4.90 Å². The number of carbonyl (C=O) groups excluding carboxylic acids is 1. The van der Waals surface area contributed by atoms with Gasteiger partial charge in [-0.2, -0.15) is 5.26 Å². The highest BCUT2D eigenvalue weighted by atomic mass is 127. The van der Waals surface area contributed by atoms with Gasteiger partial charge in [0.15, 0.2) is 0 Å². The Kier molecular flexibility index (Phi) is 4.18. The summed E-state index contributed by atoms with van der Waals surface area (Å²) >= 11 is 1.98. The van der Waals surface area contributed by atoms with Crippen LogP contribution >= 0.6 is 22.6 Å². The lowest BCUT2D eigenvalue weighted by Crippen LogP contribution is -2.48. The van der Waals surface area contributed by atoms with Gasteiger partial charge in [-0.1, -0.05) is 0 Å². The van der Waals surface area contributed by atoms with Gasteiger partial charge in [0.05, 0.1) is 16.6 Å². The third-order valence-electron chi connectivity index (χ3n) is 3.40. The summed E-state index contributed by atoms with van der Waals surface area (Å²) in [6.45, 7) is 3.38. The first-order chi connectivity index (χ1) is 9.77. The highest BCUT2D eigenvalue weighted by Gasteiger charge is 2.42. The summed E-state index contributed by atoms with van der Waals surface area (Å²) in [5, 5.41) is 20.2. The molecule has 0 bridgehead atoms. The molecule has 0 radical (unpaired) electrons. The van der Waals surface area contributed by atoms with Crippen molar-refractivity contribution >= 4 is 34.2 Å². The van der Waals surface area contributed by atoms with Gasteiger partial charge in [0.25, 0.3) is 11.6 Å². The number of nitriles is 1. The highest BCUT2D eigenvalue weighted by molar-refractivity contribution is 14.1. The minimum absolute atomic E-state index is 0.0437. The van der Waals surface area contributed by atoms with Gasteiger partial charge >= 0.3 is 0 Å². The van der Waals surface area contributed by atoms with Crippen LogP contribution in [0.25, 0.3) is 0 Å². The maximum absolute atomic E-state index is 12.8. The zero-order valence-corrected chi connectivity index (χ0v) is 13.8. The van der Waals surface area contributed by atoms with Gasteiger partial charge in [0.2, 0.25) is 0 Å². The number of nitrogens with zero attached hydrogens (tertiary/aromatic N) is 3. The number of halogens is 1. The summed E-state index contributed by atoms with van der Waals surface area (Å²) in [5.41, 5.74) is -0.782. The van der Waals surface area contributed by atoms with Crippen LogP contribution in [0.15, 0.2) is 18.2 Å². The van der Waals surface area contributed by atoms with Crippen LogP contribution in [-0.4, -0.2) is 27.3 Å². The average Bonchev–Trinajstić information content (AvgIpc) is 3.23. The van der Waals surface area contributed by atoms with E-state index in [1.807, 2.05) is 22.6 Å². The van der Waals surface area contributed by atoms with Crippen molar-refractivity contribution in [2.75, 3.05) is 0 Å². The molecule has 7 heteroatoms. The number of amides is 1. The Balaban J connectivity index is 2.45. The zero-order valence-electron chi connectivity index (χ0n) is 11.7. The molecule has 0 unspecified atom stereocenters. The van der Waals surface area contributed by atoms with Gasteiger partial charge in [-0.25, -0.2) is 0 Å². The van der Waals surface area contributed by atoms with Gasteiger partial charge in [-0.15, -0.1) is 0 Å². The number of hydrogen-bond acceptors (Lipinski definition) is 4. The standard InChI is InChI=1S/C14H14IN3O3/c1-14(2,8-16)17(9-3-4-9)13(19)11-7-10(18(20)21)5-6-12(11)15/h5-7,9H,3-4H2,1-2H3. The summed E-state index contributed by atoms with van der Waals surface area (Å²) in [4.78, 5) is 24.7. The maximum Gasteiger partial charge on any atom is 0.270 e. The molecule has 1 aromatic carbocycles. The number of hydrogen-bond donors (Lipinski definition) is 0. The normalized spacial score (nSPS) is 14.4. The number of non-ortho nitro benzene ring substituents is 1. The Morgan fingerprint density at radius 2 is 2.14 bits per heavy atom. The summed E-state index contributed by atoms with van der Waals surface area (Å²) in [5.74, 6) is -0.322. The lowest BCUT2D eigenvalue weighted by molar-refractivity contribution is -0.384. The Morgan fingerprint density at radius 1 is 1.52 bits per heavy atom. The third kappa shape index (κ3) is 3.15. The molecular weight excluding hydrogens is 385 g/mol. The summed E-state index contributed by atoms with van der Waals surface area (Å²) < 4.78 is 0.641. The molecule has 1 saturated carbocycles. The van der Waals surface area contributed by atoms with E-state index in [1.165, 1.54) is 12.1 Å². The van der Waals surface area contributed by atoms with Crippen molar-refractivity contribution in [1.29, 1.82) is 5.26 Å². The molecular formula is C14H14IN3O3. The van der Waals surface area contributed by atoms with E-state index in [0.29, 0.717) is 3.57 Å². The molecule has 0 atom stereocenters. The number of nitro benzene ring substituents is 1. The van der Waals surface area contributed by atoms with Crippen LogP contribution in [0.2, 0.25) is 0 Å². The Bertz CT molecular complexity index is 647. The fraction of sp³-hybridized carbons (Fsp3) is 0.429. The van der Waals surface area contributed by atoms with Crippen molar-refractivity contribution in [3.8, 4) is 6.07 Å². The van der Waals surface area contributed by atoms with Crippen molar-refractivity contribution in [3.63, 3.8) is 0 Å². The molecule has 0 aliphatic heterocycles. The van der Waals surface area contributed by atoms with Gasteiger partial charge in [-0.3, -0.25) is 14.9 Å². The molecule has 6 nitrogen and oxygen atoms in total. The number of nitro groups is 1. The highest BCUT2D eigenvalue weighted by Crippen LogP contribution is 2.35. The smallest absolute Gasteiger partial charge is 0.270 e. The fourth-order valence-corrected chi connectivity index (χ4v) is 2.75. The van der Waals surface area contributed by atoms with E-state index in [4.69, 9.17) is 0 Å². The summed E-state index contributed by atoms with van der Waals surface area (Å²) in [6, 6.07) is 6.39. The van der Waals surface area contributed by atoms with Crippen LogP contribution in [0, 0.1) is 25.0 Å². The molecule has 0 N–H and O–H groups in total. The second-order valence-electron chi connectivity index (χ2n) is 5.50. The Labute approximate surface area is 136 Å². The number of rotatable bonds is 4. The molecule has 1 amide bonds. The van der Waals surface area contributed by atoms with E-state index in [-0.39, 0.29) is 23.2 Å². The van der Waals surface area contributed by atoms with Crippen molar-refractivity contribution < 1.29 is 9.72 Å². The van der Waals surface area contributed by atoms with Crippen LogP contribution in [-0.2, 0) is 0 Å². The minimum atomic E-state index is -0.939. The van der Waals surface area contributed by atoms with E-state index in [9.17, 15) is 20.2 Å². The second-order valence-corrected chi connectivity index (χ2v) is 6.66. The van der Waals surface area contributed by atoms with Crippen molar-refractivity contribution in [3.05, 3.63) is 37.4 Å².